The van der Waals surface area contributed by atoms with E-state index in [1.807, 2.05) is 6.08 Å². The molecule has 1 fully saturated rings. The predicted octanol–water partition coefficient (Wildman–Crippen LogP) is 19.8. The van der Waals surface area contributed by atoms with Gasteiger partial charge in [-0.2, -0.15) is 0 Å². The molecule has 1 amide bonds. The standard InChI is InChI=1S/C74H137NO8/c1-3-5-7-9-11-13-15-17-19-21-23-25-26-27-28-29-30-31-32-33-34-35-36-37-38-39-40-41-42-44-46-48-50-52-54-56-58-60-62-64-70(78)75-67(66-82-74-73(81)72(80)71(79)69(65-76)83-74)68(77)63-61-59-57-55-53-51-49-47-45-43-24-22-20-18-16-14-12-10-8-6-4-2/h15,17,21,23,45,47,53,55,61,63,67-69,71-74,76-77,79-81H,3-14,16,18-20,22,24-44,46,48-52,54,56-60,62,64-66H2,1-2H3,(H,75,78)/b17-15-,23-21-,47-45+,55-53+,63-61+. The minimum atomic E-state index is -1.58. The smallest absolute Gasteiger partial charge is 0.220 e. The van der Waals surface area contributed by atoms with Gasteiger partial charge in [0.1, 0.15) is 24.4 Å². The summed E-state index contributed by atoms with van der Waals surface area (Å²) in [6, 6.07) is -0.829. The van der Waals surface area contributed by atoms with Crippen LogP contribution in [0.15, 0.2) is 60.8 Å². The minimum absolute atomic E-state index is 0.185. The zero-order chi connectivity index (χ0) is 60.0. The van der Waals surface area contributed by atoms with Crippen LogP contribution in [0.4, 0.5) is 0 Å². The van der Waals surface area contributed by atoms with Crippen LogP contribution in [0.1, 0.15) is 348 Å². The fourth-order valence-corrected chi connectivity index (χ4v) is 11.4. The third-order valence-electron chi connectivity index (χ3n) is 17.0. The van der Waals surface area contributed by atoms with Gasteiger partial charge in [0.15, 0.2) is 6.29 Å². The quantitative estimate of drug-likeness (QED) is 0.0261. The summed E-state index contributed by atoms with van der Waals surface area (Å²) >= 11 is 0. The van der Waals surface area contributed by atoms with Crippen LogP contribution in [-0.2, 0) is 14.3 Å². The summed E-state index contributed by atoms with van der Waals surface area (Å²) in [5.74, 6) is -0.185. The molecule has 7 unspecified atom stereocenters. The highest BCUT2D eigenvalue weighted by Gasteiger charge is 2.44. The summed E-state index contributed by atoms with van der Waals surface area (Å²) in [4.78, 5) is 13.1. The molecule has 1 rings (SSSR count). The lowest BCUT2D eigenvalue weighted by Crippen LogP contribution is -2.60. The van der Waals surface area contributed by atoms with Gasteiger partial charge in [0, 0.05) is 6.42 Å². The van der Waals surface area contributed by atoms with Crippen molar-refractivity contribution < 1.29 is 39.8 Å². The molecule has 0 radical (unpaired) electrons. The Labute approximate surface area is 513 Å². The molecular formula is C74H137NO8. The fraction of sp³-hybridized carbons (Fsp3) is 0.851. The first-order valence-corrected chi connectivity index (χ1v) is 36.0. The number of amides is 1. The van der Waals surface area contributed by atoms with Gasteiger partial charge in [-0.25, -0.2) is 0 Å². The van der Waals surface area contributed by atoms with Crippen LogP contribution in [0.25, 0.3) is 0 Å². The Bertz CT molecular complexity index is 1500. The number of allylic oxidation sites excluding steroid dienone is 9. The molecule has 1 heterocycles. The molecule has 0 aliphatic carbocycles. The average molecular weight is 1170 g/mol. The molecule has 0 spiro atoms. The minimum Gasteiger partial charge on any atom is -0.394 e. The number of carbonyl (C=O) groups excluding carboxylic acids is 1. The molecule has 0 aromatic carbocycles. The first-order valence-electron chi connectivity index (χ1n) is 36.0. The van der Waals surface area contributed by atoms with E-state index in [0.717, 1.165) is 51.4 Å². The summed E-state index contributed by atoms with van der Waals surface area (Å²) in [5.41, 5.74) is 0. The molecule has 0 saturated carbocycles. The van der Waals surface area contributed by atoms with Crippen molar-refractivity contribution in [3.8, 4) is 0 Å². The van der Waals surface area contributed by atoms with Crippen LogP contribution in [0.3, 0.4) is 0 Å². The number of unbranched alkanes of at least 4 members (excludes halogenated alkanes) is 45. The predicted molar refractivity (Wildman–Crippen MR) is 355 cm³/mol. The lowest BCUT2D eigenvalue weighted by Gasteiger charge is -2.40. The second-order valence-electron chi connectivity index (χ2n) is 25.0. The van der Waals surface area contributed by atoms with E-state index in [9.17, 15) is 30.3 Å². The number of carbonyl (C=O) groups is 1. The van der Waals surface area contributed by atoms with Crippen LogP contribution in [0.5, 0.6) is 0 Å². The number of nitrogens with one attached hydrogen (secondary N) is 1. The van der Waals surface area contributed by atoms with Gasteiger partial charge in [-0.15, -0.1) is 0 Å². The van der Waals surface area contributed by atoms with Crippen LogP contribution in [0.2, 0.25) is 0 Å². The van der Waals surface area contributed by atoms with Crippen LogP contribution >= 0.6 is 0 Å². The van der Waals surface area contributed by atoms with Crippen LogP contribution in [0, 0.1) is 0 Å². The number of hydrogen-bond acceptors (Lipinski definition) is 8. The Morgan fingerprint density at radius 3 is 1.08 bits per heavy atom. The molecule has 0 aromatic heterocycles. The van der Waals surface area contributed by atoms with Crippen LogP contribution in [-0.4, -0.2) is 87.5 Å². The Morgan fingerprint density at radius 1 is 0.410 bits per heavy atom. The second kappa shape index (κ2) is 62.9. The molecule has 9 nitrogen and oxygen atoms in total. The summed E-state index contributed by atoms with van der Waals surface area (Å²) in [5, 5.41) is 54.7. The number of ether oxygens (including phenoxy) is 2. The van der Waals surface area contributed by atoms with Crippen molar-refractivity contribution in [3.05, 3.63) is 60.8 Å². The molecule has 6 N–H and O–H groups in total. The lowest BCUT2D eigenvalue weighted by molar-refractivity contribution is -0.302. The number of aliphatic hydroxyl groups is 5. The van der Waals surface area contributed by atoms with E-state index < -0.39 is 49.5 Å². The summed E-state index contributed by atoms with van der Waals surface area (Å²) in [6.07, 6.45) is 80.6. The van der Waals surface area contributed by atoms with E-state index in [-0.39, 0.29) is 12.5 Å². The van der Waals surface area contributed by atoms with Gasteiger partial charge in [-0.05, 0) is 77.0 Å². The summed E-state index contributed by atoms with van der Waals surface area (Å²) in [7, 11) is 0. The molecule has 0 aromatic rings. The molecular weight excluding hydrogens is 1030 g/mol. The Kier molecular flexibility index (Phi) is 59.8. The van der Waals surface area contributed by atoms with Gasteiger partial charge in [0.05, 0.1) is 25.4 Å². The average Bonchev–Trinajstić information content (AvgIpc) is 3.60. The molecule has 486 valence electrons. The number of hydrogen-bond donors (Lipinski definition) is 6. The maximum absolute atomic E-state index is 13.1. The zero-order valence-electron chi connectivity index (χ0n) is 54.5. The topological polar surface area (TPSA) is 149 Å². The molecule has 1 aliphatic heterocycles. The maximum atomic E-state index is 13.1. The van der Waals surface area contributed by atoms with Crippen molar-refractivity contribution in [1.29, 1.82) is 0 Å². The largest absolute Gasteiger partial charge is 0.394 e. The van der Waals surface area contributed by atoms with Gasteiger partial charge in [0.25, 0.3) is 0 Å². The van der Waals surface area contributed by atoms with Gasteiger partial charge in [-0.1, -0.05) is 325 Å². The van der Waals surface area contributed by atoms with E-state index in [4.69, 9.17) is 9.47 Å². The molecule has 7 atom stereocenters. The third-order valence-corrected chi connectivity index (χ3v) is 17.0. The van der Waals surface area contributed by atoms with Crippen molar-refractivity contribution in [1.82, 2.24) is 5.32 Å². The van der Waals surface area contributed by atoms with Crippen molar-refractivity contribution >= 4 is 5.91 Å². The highest BCUT2D eigenvalue weighted by molar-refractivity contribution is 5.76. The van der Waals surface area contributed by atoms with Crippen molar-refractivity contribution in [2.75, 3.05) is 13.2 Å². The zero-order valence-corrected chi connectivity index (χ0v) is 54.5. The van der Waals surface area contributed by atoms with Gasteiger partial charge >= 0.3 is 0 Å². The Hall–Kier alpha value is -2.11. The lowest BCUT2D eigenvalue weighted by atomic mass is 9.99. The van der Waals surface area contributed by atoms with Crippen molar-refractivity contribution in [2.24, 2.45) is 0 Å². The highest BCUT2D eigenvalue weighted by atomic mass is 16.7. The van der Waals surface area contributed by atoms with E-state index in [2.05, 4.69) is 67.8 Å². The molecule has 1 aliphatic rings. The first kappa shape index (κ1) is 78.9. The highest BCUT2D eigenvalue weighted by Crippen LogP contribution is 2.23. The Balaban J connectivity index is 2.08. The van der Waals surface area contributed by atoms with E-state index in [1.54, 1.807) is 6.08 Å². The monoisotopic (exact) mass is 1170 g/mol. The normalized spacial score (nSPS) is 18.6. The fourth-order valence-electron chi connectivity index (χ4n) is 11.4. The Morgan fingerprint density at radius 2 is 0.723 bits per heavy atom. The summed E-state index contributed by atoms with van der Waals surface area (Å²) in [6.45, 7) is 3.78. The number of aliphatic hydroxyl groups excluding tert-OH is 5. The van der Waals surface area contributed by atoms with Gasteiger partial charge in [-0.3, -0.25) is 4.79 Å². The van der Waals surface area contributed by atoms with E-state index >= 15 is 0 Å². The molecule has 83 heavy (non-hydrogen) atoms. The van der Waals surface area contributed by atoms with Crippen LogP contribution < -0.4 is 5.32 Å². The van der Waals surface area contributed by atoms with Gasteiger partial charge in [0.2, 0.25) is 5.91 Å². The third kappa shape index (κ3) is 51.6. The SMILES string of the molecule is CCCCCCC/C=C\C/C=C\CCCCCCCCCCCCCCCCCCCCCCCCCCCCCC(=O)NC(COC1OC(CO)C(O)C(O)C1O)C(O)/C=C/CC/C=C/CC/C=C/CCCCCCCCCCCCC. The van der Waals surface area contributed by atoms with Crippen molar-refractivity contribution in [2.45, 2.75) is 391 Å². The molecule has 0 bridgehead atoms. The van der Waals surface area contributed by atoms with E-state index in [0.29, 0.717) is 6.42 Å². The van der Waals surface area contributed by atoms with Gasteiger partial charge < -0.3 is 40.3 Å². The van der Waals surface area contributed by atoms with E-state index in [1.165, 1.54) is 276 Å². The number of rotatable bonds is 63. The molecule has 9 heteroatoms. The van der Waals surface area contributed by atoms with Crippen molar-refractivity contribution in [3.63, 3.8) is 0 Å². The molecule has 1 saturated heterocycles. The summed E-state index contributed by atoms with van der Waals surface area (Å²) < 4.78 is 11.3. The second-order valence-corrected chi connectivity index (χ2v) is 25.0. The maximum Gasteiger partial charge on any atom is 0.220 e. The first-order chi connectivity index (χ1) is 40.8.